The van der Waals surface area contributed by atoms with Gasteiger partial charge in [-0.15, -0.1) is 0 Å². The number of morpholine rings is 1. The first-order chi connectivity index (χ1) is 11.7. The predicted octanol–water partition coefficient (Wildman–Crippen LogP) is 1.62. The molecule has 0 radical (unpaired) electrons. The molecule has 2 aliphatic heterocycles. The maximum atomic E-state index is 12.2. The number of likely N-dealkylation sites (N-methyl/N-ethyl adjacent to an activating group) is 1. The molecule has 126 valence electrons. The Hall–Kier alpha value is -2.18. The van der Waals surface area contributed by atoms with Crippen molar-refractivity contribution in [1.82, 2.24) is 20.2 Å². The van der Waals surface area contributed by atoms with Gasteiger partial charge in [-0.2, -0.15) is 0 Å². The lowest BCUT2D eigenvalue weighted by Crippen LogP contribution is -2.43. The van der Waals surface area contributed by atoms with Gasteiger partial charge >= 0.3 is 0 Å². The van der Waals surface area contributed by atoms with Crippen LogP contribution in [0.5, 0.6) is 0 Å². The van der Waals surface area contributed by atoms with Gasteiger partial charge in [-0.25, -0.2) is 0 Å². The summed E-state index contributed by atoms with van der Waals surface area (Å²) < 4.78 is 5.91. The second-order valence-electron chi connectivity index (χ2n) is 6.64. The van der Waals surface area contributed by atoms with Crippen molar-refractivity contribution < 1.29 is 9.53 Å². The van der Waals surface area contributed by atoms with Crippen LogP contribution in [0.4, 0.5) is 0 Å². The van der Waals surface area contributed by atoms with Gasteiger partial charge in [0, 0.05) is 54.9 Å². The summed E-state index contributed by atoms with van der Waals surface area (Å²) in [4.78, 5) is 22.1. The van der Waals surface area contributed by atoms with Crippen LogP contribution in [-0.4, -0.2) is 60.2 Å². The van der Waals surface area contributed by atoms with E-state index >= 15 is 0 Å². The molecule has 1 fully saturated rings. The summed E-state index contributed by atoms with van der Waals surface area (Å²) in [6, 6.07) is 5.84. The van der Waals surface area contributed by atoms with Gasteiger partial charge in [0.15, 0.2) is 0 Å². The van der Waals surface area contributed by atoms with Gasteiger partial charge in [0.05, 0.1) is 18.3 Å². The highest BCUT2D eigenvalue weighted by atomic mass is 16.5. The van der Waals surface area contributed by atoms with Crippen molar-refractivity contribution in [2.75, 3.05) is 33.3 Å². The predicted molar refractivity (Wildman–Crippen MR) is 91.0 cm³/mol. The second kappa shape index (κ2) is 6.37. The molecule has 4 heterocycles. The average Bonchev–Trinajstić information content (AvgIpc) is 3.05. The van der Waals surface area contributed by atoms with Crippen molar-refractivity contribution >= 4 is 5.91 Å². The van der Waals surface area contributed by atoms with Crippen LogP contribution in [0.2, 0.25) is 0 Å². The summed E-state index contributed by atoms with van der Waals surface area (Å²) in [5.74, 6) is 0.254. The van der Waals surface area contributed by atoms with Crippen LogP contribution in [-0.2, 0) is 4.74 Å². The smallest absolute Gasteiger partial charge is 0.253 e. The highest BCUT2D eigenvalue weighted by Gasteiger charge is 2.31. The van der Waals surface area contributed by atoms with E-state index in [1.54, 1.807) is 12.4 Å². The second-order valence-corrected chi connectivity index (χ2v) is 6.64. The van der Waals surface area contributed by atoms with E-state index in [0.717, 1.165) is 48.6 Å². The summed E-state index contributed by atoms with van der Waals surface area (Å²) in [7, 11) is 2.12. The number of aromatic amines is 1. The number of ether oxygens (including phenoxy) is 1. The van der Waals surface area contributed by atoms with E-state index in [-0.39, 0.29) is 17.9 Å². The van der Waals surface area contributed by atoms with Gasteiger partial charge < -0.3 is 19.9 Å². The van der Waals surface area contributed by atoms with E-state index in [1.807, 2.05) is 18.2 Å². The molecule has 2 aliphatic rings. The quantitative estimate of drug-likeness (QED) is 0.899. The van der Waals surface area contributed by atoms with Gasteiger partial charge in [-0.05, 0) is 31.7 Å². The third kappa shape index (κ3) is 2.95. The van der Waals surface area contributed by atoms with Gasteiger partial charge in [0.2, 0.25) is 0 Å². The molecule has 1 saturated heterocycles. The number of hydrogen-bond acceptors (Lipinski definition) is 4. The number of nitrogens with one attached hydrogen (secondary N) is 2. The molecule has 2 aromatic heterocycles. The van der Waals surface area contributed by atoms with E-state index in [4.69, 9.17) is 4.74 Å². The van der Waals surface area contributed by atoms with Crippen molar-refractivity contribution in [3.63, 3.8) is 0 Å². The largest absolute Gasteiger partial charge is 0.376 e. The summed E-state index contributed by atoms with van der Waals surface area (Å²) in [5.41, 5.74) is 3.79. The zero-order valence-corrected chi connectivity index (χ0v) is 13.8. The lowest BCUT2D eigenvalue weighted by atomic mass is 9.91. The number of nitrogens with zero attached hydrogens (tertiary/aromatic N) is 2. The number of fused-ring (bicyclic) bond motifs is 1. The van der Waals surface area contributed by atoms with E-state index in [1.165, 1.54) is 0 Å². The maximum absolute atomic E-state index is 12.2. The van der Waals surface area contributed by atoms with E-state index in [9.17, 15) is 4.79 Å². The standard InChI is InChI=1S/C18H22N4O2/c1-22-6-7-24-14(11-22)8-13-10-20-18(23)15-9-16(21-17(13)15)12-2-4-19-5-3-12/h2-5,9,13-14,21H,6-8,10-11H2,1H3,(H,20,23)/t13?,14-/m1/s1. The van der Waals surface area contributed by atoms with Crippen LogP contribution in [0.1, 0.15) is 28.4 Å². The Labute approximate surface area is 141 Å². The molecule has 1 unspecified atom stereocenters. The zero-order chi connectivity index (χ0) is 16.5. The Morgan fingerprint density at radius 1 is 1.38 bits per heavy atom. The molecule has 6 heteroatoms. The Morgan fingerprint density at radius 3 is 3.00 bits per heavy atom. The van der Waals surface area contributed by atoms with Crippen LogP contribution in [0.3, 0.4) is 0 Å². The molecule has 0 aliphatic carbocycles. The number of carbonyl (C=O) groups is 1. The number of aromatic nitrogens is 2. The molecule has 2 N–H and O–H groups in total. The van der Waals surface area contributed by atoms with Crippen molar-refractivity contribution in [3.05, 3.63) is 41.9 Å². The number of H-pyrrole nitrogens is 1. The molecule has 6 nitrogen and oxygen atoms in total. The normalized spacial score (nSPS) is 24.5. The van der Waals surface area contributed by atoms with Crippen LogP contribution in [0, 0.1) is 0 Å². The molecule has 0 bridgehead atoms. The fourth-order valence-electron chi connectivity index (χ4n) is 3.61. The molecule has 4 rings (SSSR count). The van der Waals surface area contributed by atoms with Gasteiger partial charge in [-0.3, -0.25) is 9.78 Å². The summed E-state index contributed by atoms with van der Waals surface area (Å²) >= 11 is 0. The highest BCUT2D eigenvalue weighted by Crippen LogP contribution is 2.32. The van der Waals surface area contributed by atoms with Crippen LogP contribution in [0.25, 0.3) is 11.3 Å². The minimum Gasteiger partial charge on any atom is -0.376 e. The molecule has 2 atom stereocenters. The minimum atomic E-state index is -0.000475. The van der Waals surface area contributed by atoms with Gasteiger partial charge in [0.1, 0.15) is 0 Å². The molecule has 2 aromatic rings. The molecule has 1 amide bonds. The number of hydrogen-bond donors (Lipinski definition) is 2. The lowest BCUT2D eigenvalue weighted by Gasteiger charge is -2.33. The Balaban J connectivity index is 1.60. The topological polar surface area (TPSA) is 70.2 Å². The third-order valence-corrected chi connectivity index (χ3v) is 4.89. The zero-order valence-electron chi connectivity index (χ0n) is 13.8. The maximum Gasteiger partial charge on any atom is 0.253 e. The number of carbonyl (C=O) groups excluding carboxylic acids is 1. The van der Waals surface area contributed by atoms with E-state index < -0.39 is 0 Å². The summed E-state index contributed by atoms with van der Waals surface area (Å²) in [6.45, 7) is 3.36. The summed E-state index contributed by atoms with van der Waals surface area (Å²) in [5, 5.41) is 3.01. The fourth-order valence-corrected chi connectivity index (χ4v) is 3.61. The third-order valence-electron chi connectivity index (χ3n) is 4.89. The molecule has 0 saturated carbocycles. The Kier molecular flexibility index (Phi) is 4.08. The first-order valence-electron chi connectivity index (χ1n) is 8.42. The SMILES string of the molecule is CN1CCO[C@H](CC2CNC(=O)c3cc(-c4ccncc4)[nH]c32)C1. The van der Waals surface area contributed by atoms with Crippen LogP contribution < -0.4 is 5.32 Å². The summed E-state index contributed by atoms with van der Waals surface area (Å²) in [6.07, 6.45) is 4.65. The highest BCUT2D eigenvalue weighted by molar-refractivity contribution is 5.98. The van der Waals surface area contributed by atoms with Crippen molar-refractivity contribution in [1.29, 1.82) is 0 Å². The van der Waals surface area contributed by atoms with E-state index in [2.05, 4.69) is 27.2 Å². The van der Waals surface area contributed by atoms with Crippen molar-refractivity contribution in [2.24, 2.45) is 0 Å². The van der Waals surface area contributed by atoms with E-state index in [0.29, 0.717) is 6.54 Å². The number of rotatable bonds is 3. The number of pyridine rings is 1. The Morgan fingerprint density at radius 2 is 2.21 bits per heavy atom. The van der Waals surface area contributed by atoms with Crippen molar-refractivity contribution in [3.8, 4) is 11.3 Å². The number of amides is 1. The van der Waals surface area contributed by atoms with Crippen molar-refractivity contribution in [2.45, 2.75) is 18.4 Å². The Bertz CT molecular complexity index is 728. The lowest BCUT2D eigenvalue weighted by molar-refractivity contribution is -0.0268. The average molecular weight is 326 g/mol. The molecule has 24 heavy (non-hydrogen) atoms. The first kappa shape index (κ1) is 15.4. The monoisotopic (exact) mass is 326 g/mol. The fraction of sp³-hybridized carbons (Fsp3) is 0.444. The molecular weight excluding hydrogens is 304 g/mol. The molecule has 0 spiro atoms. The van der Waals surface area contributed by atoms with Crippen LogP contribution >= 0.6 is 0 Å². The molecule has 0 aromatic carbocycles. The minimum absolute atomic E-state index is 0.000475. The van der Waals surface area contributed by atoms with Crippen LogP contribution in [0.15, 0.2) is 30.6 Å². The molecular formula is C18H22N4O2. The van der Waals surface area contributed by atoms with Gasteiger partial charge in [-0.1, -0.05) is 0 Å². The first-order valence-corrected chi connectivity index (χ1v) is 8.42. The van der Waals surface area contributed by atoms with Gasteiger partial charge in [0.25, 0.3) is 5.91 Å².